The van der Waals surface area contributed by atoms with Crippen molar-refractivity contribution >= 4 is 41.1 Å². The number of alkyl halides is 3. The van der Waals surface area contributed by atoms with E-state index in [2.05, 4.69) is 0 Å². The molecule has 2 amide bonds. The second kappa shape index (κ2) is 10.6. The average Bonchev–Trinajstić information content (AvgIpc) is 3.64. The maximum atomic E-state index is 13.7. The van der Waals surface area contributed by atoms with Crippen LogP contribution in [0.3, 0.4) is 0 Å². The fraction of sp³-hybridized carbons (Fsp3) is 0.462. The zero-order valence-corrected chi connectivity index (χ0v) is 22.0. The van der Waals surface area contributed by atoms with Gasteiger partial charge in [0.15, 0.2) is 0 Å². The molecule has 0 saturated heterocycles. The highest BCUT2D eigenvalue weighted by Gasteiger charge is 2.47. The monoisotopic (exact) mass is 558 g/mol. The molecule has 0 aromatic heterocycles. The Hall–Kier alpha value is -2.65. The molecule has 1 heterocycles. The lowest BCUT2D eigenvalue weighted by Gasteiger charge is -2.44. The van der Waals surface area contributed by atoms with Crippen molar-refractivity contribution in [3.63, 3.8) is 0 Å². The second-order valence-corrected chi connectivity index (χ2v) is 10.5. The van der Waals surface area contributed by atoms with Crippen molar-refractivity contribution in [2.75, 3.05) is 12.0 Å². The molecule has 6 nitrogen and oxygen atoms in total. The molecule has 0 spiro atoms. The Morgan fingerprint density at radius 3 is 2.30 bits per heavy atom. The number of carbonyl (C=O) groups is 2. The summed E-state index contributed by atoms with van der Waals surface area (Å²) in [6.07, 6.45) is -4.44. The first-order valence-corrected chi connectivity index (χ1v) is 12.6. The topological polar surface area (TPSA) is 59.1 Å². The highest BCUT2D eigenvalue weighted by Crippen LogP contribution is 2.50. The first-order valence-electron chi connectivity index (χ1n) is 11.9. The third-order valence-electron chi connectivity index (χ3n) is 6.53. The van der Waals surface area contributed by atoms with Gasteiger partial charge in [-0.15, -0.1) is 0 Å². The first-order chi connectivity index (χ1) is 17.4. The number of rotatable bonds is 5. The molecule has 0 radical (unpaired) electrons. The maximum Gasteiger partial charge on any atom is 0.416 e. The summed E-state index contributed by atoms with van der Waals surface area (Å²) >= 11 is 12.3. The lowest BCUT2D eigenvalue weighted by Crippen LogP contribution is -2.50. The first kappa shape index (κ1) is 27.4. The van der Waals surface area contributed by atoms with E-state index >= 15 is 0 Å². The fourth-order valence-corrected chi connectivity index (χ4v) is 5.42. The summed E-state index contributed by atoms with van der Waals surface area (Å²) in [5.74, 6) is 0.137. The third-order valence-corrected chi connectivity index (χ3v) is 6.97. The number of carbonyl (C=O) groups excluding carboxylic acids is 2. The Balaban J connectivity index is 1.85. The van der Waals surface area contributed by atoms with Gasteiger partial charge in [0, 0.05) is 22.6 Å². The summed E-state index contributed by atoms with van der Waals surface area (Å²) in [5, 5.41) is 0.711. The quantitative estimate of drug-likeness (QED) is 0.374. The average molecular weight is 559 g/mol. The maximum absolute atomic E-state index is 13.7. The van der Waals surface area contributed by atoms with Crippen LogP contribution in [0.25, 0.3) is 0 Å². The number of fused-ring (bicyclic) bond motifs is 1. The molecule has 1 fully saturated rings. The van der Waals surface area contributed by atoms with Crippen LogP contribution in [0.4, 0.5) is 28.4 Å². The van der Waals surface area contributed by atoms with Crippen LogP contribution >= 0.6 is 23.2 Å². The van der Waals surface area contributed by atoms with Gasteiger partial charge < -0.3 is 9.47 Å². The van der Waals surface area contributed by atoms with E-state index in [1.165, 1.54) is 23.0 Å². The number of amides is 2. The van der Waals surface area contributed by atoms with Crippen LogP contribution in [-0.2, 0) is 22.2 Å². The molecule has 0 bridgehead atoms. The van der Waals surface area contributed by atoms with E-state index in [-0.39, 0.29) is 36.2 Å². The van der Waals surface area contributed by atoms with Crippen LogP contribution in [-0.4, -0.2) is 36.3 Å². The molecule has 11 heteroatoms. The molecule has 2 aromatic rings. The number of ether oxygens (including phenoxy) is 2. The number of anilines is 1. The number of methoxy groups -OCH3 is 1. The summed E-state index contributed by atoms with van der Waals surface area (Å²) in [7, 11) is 1.21. The number of nitrogens with zero attached hydrogens (tertiary/aromatic N) is 2. The van der Waals surface area contributed by atoms with Gasteiger partial charge >= 0.3 is 18.4 Å². The van der Waals surface area contributed by atoms with Gasteiger partial charge in [0.05, 0.1) is 30.5 Å². The Kier molecular flexibility index (Phi) is 7.85. The molecule has 2 aliphatic rings. The summed E-state index contributed by atoms with van der Waals surface area (Å²) in [5.41, 5.74) is 0.172. The summed E-state index contributed by atoms with van der Waals surface area (Å²) in [4.78, 5) is 29.0. The highest BCUT2D eigenvalue weighted by molar-refractivity contribution is 6.34. The molecule has 1 saturated carbocycles. The van der Waals surface area contributed by atoms with E-state index in [0.717, 1.165) is 25.0 Å². The SMILES string of the molecule is COC(=O)N(Cc1cc(Cl)cc(Cl)c1)[C@@H]1C[C@H](C2CC2)N(C(=O)OC(C)C)c2ccc(C(F)(F)F)cc21. The number of halogens is 5. The molecule has 4 rings (SSSR count). The molecule has 2 aromatic carbocycles. The lowest BCUT2D eigenvalue weighted by atomic mass is 9.86. The number of hydrogen-bond acceptors (Lipinski definition) is 4. The van der Waals surface area contributed by atoms with Crippen molar-refractivity contribution in [2.24, 2.45) is 5.92 Å². The summed E-state index contributed by atoms with van der Waals surface area (Å²) < 4.78 is 51.8. The van der Waals surface area contributed by atoms with Crippen LogP contribution in [0.5, 0.6) is 0 Å². The predicted octanol–water partition coefficient (Wildman–Crippen LogP) is 7.86. The van der Waals surface area contributed by atoms with Gasteiger partial charge in [-0.1, -0.05) is 23.2 Å². The molecule has 0 unspecified atom stereocenters. The Labute approximate surface area is 223 Å². The van der Waals surface area contributed by atoms with Crippen molar-refractivity contribution in [1.29, 1.82) is 0 Å². The summed E-state index contributed by atoms with van der Waals surface area (Å²) in [6, 6.07) is 6.86. The molecule has 0 N–H and O–H groups in total. The van der Waals surface area contributed by atoms with E-state index in [0.29, 0.717) is 15.6 Å². The van der Waals surface area contributed by atoms with Crippen LogP contribution in [0.2, 0.25) is 10.0 Å². The largest absolute Gasteiger partial charge is 0.453 e. The molecule has 2 atom stereocenters. The smallest absolute Gasteiger partial charge is 0.416 e. The molecular weight excluding hydrogens is 532 g/mol. The lowest BCUT2D eigenvalue weighted by molar-refractivity contribution is -0.137. The van der Waals surface area contributed by atoms with Gasteiger partial charge in [0.1, 0.15) is 0 Å². The standard InChI is InChI=1S/C26H27Cl2F3N2O4/c1-14(2)37-25(35)33-21-7-6-17(26(29,30)31)10-20(21)23(12-22(33)16-4-5-16)32(24(34)36-3)13-15-8-18(27)11-19(28)9-15/h6-11,14,16,22-23H,4-5,12-13H2,1-3H3/t22-,23-/m1/s1. The highest BCUT2D eigenvalue weighted by atomic mass is 35.5. The van der Waals surface area contributed by atoms with Gasteiger partial charge in [0.2, 0.25) is 0 Å². The second-order valence-electron chi connectivity index (χ2n) is 9.61. The van der Waals surface area contributed by atoms with Crippen molar-refractivity contribution in [3.8, 4) is 0 Å². The van der Waals surface area contributed by atoms with Gasteiger partial charge in [-0.3, -0.25) is 9.80 Å². The molecular formula is C26H27Cl2F3N2O4. The minimum atomic E-state index is -4.62. The van der Waals surface area contributed by atoms with Gasteiger partial charge in [-0.05, 0) is 86.6 Å². The normalized spacial score (nSPS) is 19.4. The Morgan fingerprint density at radius 2 is 1.76 bits per heavy atom. The predicted molar refractivity (Wildman–Crippen MR) is 134 cm³/mol. The van der Waals surface area contributed by atoms with Crippen LogP contribution in [0.1, 0.15) is 55.8 Å². The van der Waals surface area contributed by atoms with Crippen LogP contribution in [0.15, 0.2) is 36.4 Å². The van der Waals surface area contributed by atoms with Gasteiger partial charge in [-0.2, -0.15) is 13.2 Å². The third kappa shape index (κ3) is 6.09. The van der Waals surface area contributed by atoms with E-state index in [1.807, 2.05) is 0 Å². The number of hydrogen-bond donors (Lipinski definition) is 0. The zero-order chi connectivity index (χ0) is 27.1. The van der Waals surface area contributed by atoms with Gasteiger partial charge in [-0.25, -0.2) is 9.59 Å². The molecule has 1 aliphatic carbocycles. The fourth-order valence-electron chi connectivity index (χ4n) is 4.85. The molecule has 200 valence electrons. The minimum Gasteiger partial charge on any atom is -0.453 e. The van der Waals surface area contributed by atoms with E-state index in [1.54, 1.807) is 32.0 Å². The Morgan fingerprint density at radius 1 is 1.11 bits per heavy atom. The minimum absolute atomic E-state index is 0.0128. The van der Waals surface area contributed by atoms with E-state index in [4.69, 9.17) is 32.7 Å². The van der Waals surface area contributed by atoms with Crippen molar-refractivity contribution < 1.29 is 32.2 Å². The zero-order valence-electron chi connectivity index (χ0n) is 20.5. The van der Waals surface area contributed by atoms with Crippen LogP contribution in [0, 0.1) is 5.92 Å². The van der Waals surface area contributed by atoms with E-state index < -0.39 is 36.1 Å². The van der Waals surface area contributed by atoms with Crippen molar-refractivity contribution in [1.82, 2.24) is 4.90 Å². The van der Waals surface area contributed by atoms with Crippen LogP contribution < -0.4 is 4.90 Å². The molecule has 37 heavy (non-hydrogen) atoms. The Bertz CT molecular complexity index is 1170. The van der Waals surface area contributed by atoms with Crippen molar-refractivity contribution in [2.45, 2.75) is 64.0 Å². The molecule has 1 aliphatic heterocycles. The van der Waals surface area contributed by atoms with Gasteiger partial charge in [0.25, 0.3) is 0 Å². The summed E-state index contributed by atoms with van der Waals surface area (Å²) in [6.45, 7) is 3.40. The van der Waals surface area contributed by atoms with E-state index in [9.17, 15) is 22.8 Å². The van der Waals surface area contributed by atoms with Crippen molar-refractivity contribution in [3.05, 3.63) is 63.1 Å². The number of benzene rings is 2.